The fourth-order valence-electron chi connectivity index (χ4n) is 5.95. The molecule has 0 N–H and O–H groups in total. The third-order valence-electron chi connectivity index (χ3n) is 6.94. The molecule has 3 fully saturated rings. The number of carbonyl (C=O) groups excluding carboxylic acids is 1. The Balaban J connectivity index is 1.46. The van der Waals surface area contributed by atoms with Crippen molar-refractivity contribution in [2.45, 2.75) is 50.6 Å². The first-order valence-corrected chi connectivity index (χ1v) is 10.1. The molecule has 0 spiro atoms. The fraction of sp³-hybridized carbons (Fsp3) is 0.591. The largest absolute Gasteiger partial charge is 0.332 e. The lowest BCUT2D eigenvalue weighted by molar-refractivity contribution is 0.00148. The van der Waals surface area contributed by atoms with Crippen LogP contribution in [0.5, 0.6) is 0 Å². The van der Waals surface area contributed by atoms with Crippen LogP contribution in [0.3, 0.4) is 0 Å². The second kappa shape index (κ2) is 6.28. The number of carbonyl (C=O) groups is 1. The molecule has 0 radical (unpaired) electrons. The Morgan fingerprint density at radius 3 is 2.80 bits per heavy atom. The van der Waals surface area contributed by atoms with Gasteiger partial charge in [-0.3, -0.25) is 9.69 Å². The average molecular weight is 336 g/mol. The average Bonchev–Trinajstić information content (AvgIpc) is 2.68. The first kappa shape index (κ1) is 15.6. The molecule has 1 aromatic carbocycles. The molecule has 1 aliphatic carbocycles. The van der Waals surface area contributed by atoms with Crippen molar-refractivity contribution >= 4 is 5.91 Å². The van der Waals surface area contributed by atoms with E-state index in [9.17, 15) is 4.79 Å². The highest BCUT2D eigenvalue weighted by atomic mass is 16.2. The normalized spacial score (nSPS) is 34.7. The molecule has 0 saturated carbocycles. The van der Waals surface area contributed by atoms with E-state index >= 15 is 0 Å². The van der Waals surface area contributed by atoms with E-state index in [1.54, 1.807) is 5.57 Å². The van der Waals surface area contributed by atoms with Crippen LogP contribution < -0.4 is 0 Å². The SMILES string of the molecule is O=C(c1ccccc1)N1CCCC2=C[C@H]3C[C@@H](CN4CCCC[C@@H]34)[C@H]21. The predicted octanol–water partition coefficient (Wildman–Crippen LogP) is 3.72. The Hall–Kier alpha value is -1.61. The third kappa shape index (κ3) is 2.64. The molecule has 3 saturated heterocycles. The number of hydrogen-bond donors (Lipinski definition) is 0. The number of hydrogen-bond acceptors (Lipinski definition) is 2. The molecule has 0 aromatic heterocycles. The van der Waals surface area contributed by atoms with Crippen LogP contribution in [-0.2, 0) is 0 Å². The maximum absolute atomic E-state index is 13.2. The van der Waals surface area contributed by atoms with Crippen LogP contribution in [0.1, 0.15) is 48.9 Å². The van der Waals surface area contributed by atoms with E-state index in [2.05, 4.69) is 15.9 Å². The van der Waals surface area contributed by atoms with Gasteiger partial charge in [0.2, 0.25) is 0 Å². The Morgan fingerprint density at radius 2 is 1.92 bits per heavy atom. The zero-order chi connectivity index (χ0) is 16.8. The Bertz CT molecular complexity index is 683. The molecule has 3 aliphatic heterocycles. The maximum Gasteiger partial charge on any atom is 0.254 e. The van der Waals surface area contributed by atoms with E-state index in [-0.39, 0.29) is 5.91 Å². The maximum atomic E-state index is 13.2. The lowest BCUT2D eigenvalue weighted by atomic mass is 9.68. The second-order valence-electron chi connectivity index (χ2n) is 8.37. The minimum atomic E-state index is 0.232. The summed E-state index contributed by atoms with van der Waals surface area (Å²) in [6, 6.07) is 11.0. The molecule has 4 aliphatic rings. The Kier molecular flexibility index (Phi) is 3.93. The van der Waals surface area contributed by atoms with E-state index in [1.807, 2.05) is 30.3 Å². The quantitative estimate of drug-likeness (QED) is 0.730. The highest BCUT2D eigenvalue weighted by Crippen LogP contribution is 2.45. The zero-order valence-corrected chi connectivity index (χ0v) is 14.9. The second-order valence-corrected chi connectivity index (χ2v) is 8.37. The third-order valence-corrected chi connectivity index (χ3v) is 6.94. The lowest BCUT2D eigenvalue weighted by Crippen LogP contribution is -2.60. The highest BCUT2D eigenvalue weighted by Gasteiger charge is 2.46. The Labute approximate surface area is 150 Å². The van der Waals surface area contributed by atoms with Gasteiger partial charge in [-0.1, -0.05) is 36.3 Å². The van der Waals surface area contributed by atoms with Gasteiger partial charge in [0.25, 0.3) is 5.91 Å². The first-order valence-electron chi connectivity index (χ1n) is 10.1. The number of benzene rings is 1. The molecule has 3 nitrogen and oxygen atoms in total. The number of rotatable bonds is 1. The topological polar surface area (TPSA) is 23.6 Å². The summed E-state index contributed by atoms with van der Waals surface area (Å²) in [5.74, 6) is 1.60. The summed E-state index contributed by atoms with van der Waals surface area (Å²) in [7, 11) is 0. The van der Waals surface area contributed by atoms with Crippen LogP contribution in [0.2, 0.25) is 0 Å². The lowest BCUT2D eigenvalue weighted by Gasteiger charge is -2.54. The van der Waals surface area contributed by atoms with Gasteiger partial charge >= 0.3 is 0 Å². The van der Waals surface area contributed by atoms with Crippen molar-refractivity contribution in [1.29, 1.82) is 0 Å². The monoisotopic (exact) mass is 336 g/mol. The van der Waals surface area contributed by atoms with Crippen molar-refractivity contribution in [3.05, 3.63) is 47.5 Å². The van der Waals surface area contributed by atoms with Crippen molar-refractivity contribution in [3.63, 3.8) is 0 Å². The Morgan fingerprint density at radius 1 is 1.04 bits per heavy atom. The van der Waals surface area contributed by atoms with Crippen LogP contribution in [0.4, 0.5) is 0 Å². The van der Waals surface area contributed by atoms with Gasteiger partial charge in [0.1, 0.15) is 0 Å². The number of likely N-dealkylation sites (tertiary alicyclic amines) is 1. The molecule has 3 heteroatoms. The van der Waals surface area contributed by atoms with Gasteiger partial charge in [0.15, 0.2) is 0 Å². The van der Waals surface area contributed by atoms with Gasteiger partial charge in [-0.25, -0.2) is 0 Å². The summed E-state index contributed by atoms with van der Waals surface area (Å²) >= 11 is 0. The summed E-state index contributed by atoms with van der Waals surface area (Å²) in [4.78, 5) is 18.1. The summed E-state index contributed by atoms with van der Waals surface area (Å²) in [6.07, 6.45) is 10.3. The zero-order valence-electron chi connectivity index (χ0n) is 14.9. The number of amides is 1. The van der Waals surface area contributed by atoms with E-state index in [4.69, 9.17) is 0 Å². The molecular weight excluding hydrogens is 308 g/mol. The van der Waals surface area contributed by atoms with E-state index < -0.39 is 0 Å². The molecule has 4 atom stereocenters. The summed E-state index contributed by atoms with van der Waals surface area (Å²) in [6.45, 7) is 3.38. The number of piperidine rings is 3. The fourth-order valence-corrected chi connectivity index (χ4v) is 5.95. The molecule has 25 heavy (non-hydrogen) atoms. The van der Waals surface area contributed by atoms with Crippen LogP contribution >= 0.6 is 0 Å². The molecule has 3 heterocycles. The van der Waals surface area contributed by atoms with Gasteiger partial charge in [-0.05, 0) is 62.6 Å². The summed E-state index contributed by atoms with van der Waals surface area (Å²) < 4.78 is 0. The van der Waals surface area contributed by atoms with Gasteiger partial charge in [-0.2, -0.15) is 0 Å². The standard InChI is InChI=1S/C22H28N2O/c25-22(16-7-2-1-3-8-16)24-12-6-9-17-13-18-14-19(21(17)24)15-23-11-5-4-10-20(18)23/h1-3,7-8,13,18-21H,4-6,9-12,14-15H2/t18-,19-,20-,21-/m0/s1. The van der Waals surface area contributed by atoms with Gasteiger partial charge in [0, 0.05) is 24.7 Å². The molecule has 1 amide bonds. The smallest absolute Gasteiger partial charge is 0.254 e. The van der Waals surface area contributed by atoms with Crippen molar-refractivity contribution in [3.8, 4) is 0 Å². The van der Waals surface area contributed by atoms with Crippen molar-refractivity contribution < 1.29 is 4.79 Å². The molecule has 132 valence electrons. The van der Waals surface area contributed by atoms with Crippen molar-refractivity contribution in [1.82, 2.24) is 9.80 Å². The predicted molar refractivity (Wildman–Crippen MR) is 99.4 cm³/mol. The van der Waals surface area contributed by atoms with E-state index in [1.165, 1.54) is 45.2 Å². The number of fused-ring (bicyclic) bond motifs is 6. The van der Waals surface area contributed by atoms with E-state index in [0.717, 1.165) is 30.5 Å². The first-order chi connectivity index (χ1) is 12.3. The van der Waals surface area contributed by atoms with Gasteiger partial charge in [-0.15, -0.1) is 0 Å². The minimum Gasteiger partial charge on any atom is -0.332 e. The molecule has 2 bridgehead atoms. The van der Waals surface area contributed by atoms with E-state index in [0.29, 0.717) is 12.0 Å². The molecular formula is C22H28N2O. The van der Waals surface area contributed by atoms with Crippen LogP contribution in [0.15, 0.2) is 42.0 Å². The minimum absolute atomic E-state index is 0.232. The van der Waals surface area contributed by atoms with Crippen molar-refractivity contribution in [2.24, 2.45) is 11.8 Å². The highest BCUT2D eigenvalue weighted by molar-refractivity contribution is 5.94. The van der Waals surface area contributed by atoms with Crippen LogP contribution in [0, 0.1) is 11.8 Å². The van der Waals surface area contributed by atoms with Gasteiger partial charge in [0.05, 0.1) is 6.04 Å². The van der Waals surface area contributed by atoms with Gasteiger partial charge < -0.3 is 4.90 Å². The van der Waals surface area contributed by atoms with Crippen molar-refractivity contribution in [2.75, 3.05) is 19.6 Å². The van der Waals surface area contributed by atoms with Crippen LogP contribution in [0.25, 0.3) is 0 Å². The van der Waals surface area contributed by atoms with Crippen LogP contribution in [-0.4, -0.2) is 47.4 Å². The summed E-state index contributed by atoms with van der Waals surface area (Å²) in [5.41, 5.74) is 2.42. The molecule has 5 rings (SSSR count). The number of nitrogens with zero attached hydrogens (tertiary/aromatic N) is 2. The molecule has 0 unspecified atom stereocenters. The molecule has 1 aromatic rings. The summed E-state index contributed by atoms with van der Waals surface area (Å²) in [5, 5.41) is 0.